The zero-order valence-corrected chi connectivity index (χ0v) is 15.0. The lowest BCUT2D eigenvalue weighted by Gasteiger charge is -2.06. The zero-order valence-electron chi connectivity index (χ0n) is 13.4. The lowest BCUT2D eigenvalue weighted by atomic mass is 10.3. The fourth-order valence-corrected chi connectivity index (χ4v) is 4.24. The van der Waals surface area contributed by atoms with Crippen LogP contribution in [-0.4, -0.2) is 24.6 Å². The van der Waals surface area contributed by atoms with Crippen LogP contribution in [-0.2, 0) is 28.2 Å². The first-order valence-corrected chi connectivity index (χ1v) is 10.0. The number of nitrogens with one attached hydrogen (secondary N) is 1. The first kappa shape index (κ1) is 17.4. The van der Waals surface area contributed by atoms with E-state index in [-0.39, 0.29) is 28.6 Å². The minimum Gasteiger partial charge on any atom is -0.408 e. The summed E-state index contributed by atoms with van der Waals surface area (Å²) in [6, 6.07) is 8.02. The van der Waals surface area contributed by atoms with Crippen molar-refractivity contribution in [3.63, 3.8) is 0 Å². The minimum atomic E-state index is -3.65. The summed E-state index contributed by atoms with van der Waals surface area (Å²) in [7, 11) is -2.11. The number of aromatic nitrogens is 1. The molecule has 3 rings (SSSR count). The SMILES string of the molecule is Cn1c(=O)oc2cc(S(=O)(=O)CCC(=O)NCc3cccs3)ccc21. The Morgan fingerprint density at radius 3 is 2.84 bits per heavy atom. The number of oxazole rings is 1. The largest absolute Gasteiger partial charge is 0.419 e. The van der Waals surface area contributed by atoms with Crippen molar-refractivity contribution in [1.82, 2.24) is 9.88 Å². The molecular formula is C16H16N2O5S2. The summed E-state index contributed by atoms with van der Waals surface area (Å²) in [5.74, 6) is -1.20. The summed E-state index contributed by atoms with van der Waals surface area (Å²) >= 11 is 1.52. The van der Waals surface area contributed by atoms with Crippen LogP contribution in [0.3, 0.4) is 0 Å². The number of thiophene rings is 1. The number of benzene rings is 1. The molecule has 7 nitrogen and oxygen atoms in total. The van der Waals surface area contributed by atoms with E-state index in [1.807, 2.05) is 17.5 Å². The van der Waals surface area contributed by atoms with Gasteiger partial charge in [-0.2, -0.15) is 0 Å². The van der Waals surface area contributed by atoms with Gasteiger partial charge in [0.15, 0.2) is 15.4 Å². The lowest BCUT2D eigenvalue weighted by Crippen LogP contribution is -2.24. The van der Waals surface area contributed by atoms with Crippen LogP contribution in [0.2, 0.25) is 0 Å². The number of rotatable bonds is 6. The lowest BCUT2D eigenvalue weighted by molar-refractivity contribution is -0.120. The molecular weight excluding hydrogens is 364 g/mol. The van der Waals surface area contributed by atoms with Gasteiger partial charge in [-0.3, -0.25) is 9.36 Å². The van der Waals surface area contributed by atoms with Crippen molar-refractivity contribution in [1.29, 1.82) is 0 Å². The second-order valence-corrected chi connectivity index (χ2v) is 8.62. The number of hydrogen-bond donors (Lipinski definition) is 1. The third kappa shape index (κ3) is 3.83. The molecule has 0 aliphatic carbocycles. The Morgan fingerprint density at radius 2 is 2.12 bits per heavy atom. The van der Waals surface area contributed by atoms with Crippen molar-refractivity contribution >= 4 is 38.2 Å². The van der Waals surface area contributed by atoms with Gasteiger partial charge in [-0.1, -0.05) is 6.07 Å². The molecule has 1 amide bonds. The molecule has 1 aromatic carbocycles. The first-order valence-electron chi connectivity index (χ1n) is 7.48. The number of carbonyl (C=O) groups is 1. The van der Waals surface area contributed by atoms with E-state index in [2.05, 4.69) is 5.32 Å². The molecule has 0 radical (unpaired) electrons. The molecule has 0 saturated carbocycles. The standard InChI is InChI=1S/C16H16N2O5S2/c1-18-13-5-4-12(9-14(13)23-16(18)20)25(21,22)8-6-15(19)17-10-11-3-2-7-24-11/h2-5,7,9H,6,8,10H2,1H3,(H,17,19). The molecule has 2 heterocycles. The van der Waals surface area contributed by atoms with Gasteiger partial charge in [0.1, 0.15) is 0 Å². The Balaban J connectivity index is 1.67. The van der Waals surface area contributed by atoms with Crippen molar-refractivity contribution in [3.05, 3.63) is 51.1 Å². The molecule has 132 valence electrons. The van der Waals surface area contributed by atoms with E-state index >= 15 is 0 Å². The predicted molar refractivity (Wildman–Crippen MR) is 94.3 cm³/mol. The van der Waals surface area contributed by atoms with Gasteiger partial charge in [-0.25, -0.2) is 13.2 Å². The Hall–Kier alpha value is -2.39. The molecule has 0 bridgehead atoms. The summed E-state index contributed by atoms with van der Waals surface area (Å²) in [4.78, 5) is 24.3. The smallest absolute Gasteiger partial charge is 0.408 e. The topological polar surface area (TPSA) is 98.4 Å². The van der Waals surface area contributed by atoms with Gasteiger partial charge >= 0.3 is 5.76 Å². The highest BCUT2D eigenvalue weighted by molar-refractivity contribution is 7.91. The molecule has 1 N–H and O–H groups in total. The van der Waals surface area contributed by atoms with Crippen molar-refractivity contribution in [3.8, 4) is 0 Å². The van der Waals surface area contributed by atoms with E-state index in [4.69, 9.17) is 4.42 Å². The summed E-state index contributed by atoms with van der Waals surface area (Å²) in [5, 5.41) is 4.60. The average Bonchev–Trinajstić information content (AvgIpc) is 3.19. The molecule has 0 fully saturated rings. The van der Waals surface area contributed by atoms with E-state index in [9.17, 15) is 18.0 Å². The van der Waals surface area contributed by atoms with Crippen molar-refractivity contribution in [2.75, 3.05) is 5.75 Å². The monoisotopic (exact) mass is 380 g/mol. The van der Waals surface area contributed by atoms with Crippen molar-refractivity contribution in [2.24, 2.45) is 7.05 Å². The summed E-state index contributed by atoms with van der Waals surface area (Å²) in [5.41, 5.74) is 0.716. The van der Waals surface area contributed by atoms with E-state index < -0.39 is 15.6 Å². The highest BCUT2D eigenvalue weighted by Gasteiger charge is 2.18. The minimum absolute atomic E-state index is 0.0282. The van der Waals surface area contributed by atoms with Crippen LogP contribution in [0.4, 0.5) is 0 Å². The molecule has 9 heteroatoms. The van der Waals surface area contributed by atoms with Gasteiger partial charge in [0.2, 0.25) is 5.91 Å². The maximum Gasteiger partial charge on any atom is 0.419 e. The van der Waals surface area contributed by atoms with Gasteiger partial charge in [0, 0.05) is 24.4 Å². The van der Waals surface area contributed by atoms with Gasteiger partial charge in [0.25, 0.3) is 0 Å². The van der Waals surface area contributed by atoms with Crippen LogP contribution in [0.5, 0.6) is 0 Å². The average molecular weight is 380 g/mol. The molecule has 3 aromatic rings. The van der Waals surface area contributed by atoms with Crippen LogP contribution < -0.4 is 11.1 Å². The molecule has 0 saturated heterocycles. The van der Waals surface area contributed by atoms with Crippen molar-refractivity contribution < 1.29 is 17.6 Å². The van der Waals surface area contributed by atoms with Gasteiger partial charge in [0.05, 0.1) is 22.7 Å². The number of carbonyl (C=O) groups excluding carboxylic acids is 1. The quantitative estimate of drug-likeness (QED) is 0.701. The van der Waals surface area contributed by atoms with E-state index in [1.54, 1.807) is 7.05 Å². The Labute approximate surface area is 147 Å². The van der Waals surface area contributed by atoms with Gasteiger partial charge < -0.3 is 9.73 Å². The first-order chi connectivity index (χ1) is 11.9. The number of sulfone groups is 1. The number of amides is 1. The normalized spacial score (nSPS) is 11.7. The molecule has 0 unspecified atom stereocenters. The maximum atomic E-state index is 12.4. The zero-order chi connectivity index (χ0) is 18.0. The van der Waals surface area contributed by atoms with Crippen LogP contribution in [0.25, 0.3) is 11.1 Å². The third-order valence-electron chi connectivity index (χ3n) is 3.76. The second-order valence-electron chi connectivity index (χ2n) is 5.48. The molecule has 25 heavy (non-hydrogen) atoms. The fraction of sp³-hybridized carbons (Fsp3) is 0.250. The Morgan fingerprint density at radius 1 is 1.32 bits per heavy atom. The van der Waals surface area contributed by atoms with Crippen LogP contribution in [0.1, 0.15) is 11.3 Å². The molecule has 0 aliphatic rings. The molecule has 0 atom stereocenters. The van der Waals surface area contributed by atoms with Crippen LogP contribution >= 0.6 is 11.3 Å². The number of nitrogens with zero attached hydrogens (tertiary/aromatic N) is 1. The highest BCUT2D eigenvalue weighted by Crippen LogP contribution is 2.19. The van der Waals surface area contributed by atoms with Gasteiger partial charge in [-0.05, 0) is 23.6 Å². The van der Waals surface area contributed by atoms with E-state index in [1.165, 1.54) is 34.1 Å². The Kier molecular flexibility index (Phi) is 4.78. The summed E-state index contributed by atoms with van der Waals surface area (Å²) in [6.07, 6.45) is -0.134. The predicted octanol–water partition coefficient (Wildman–Crippen LogP) is 1.67. The van der Waals surface area contributed by atoms with Crippen LogP contribution in [0.15, 0.2) is 49.8 Å². The fourth-order valence-electron chi connectivity index (χ4n) is 2.34. The third-order valence-corrected chi connectivity index (χ3v) is 6.35. The van der Waals surface area contributed by atoms with E-state index in [0.29, 0.717) is 12.1 Å². The summed E-state index contributed by atoms with van der Waals surface area (Å²) < 4.78 is 31.1. The number of aryl methyl sites for hydroxylation is 1. The van der Waals surface area contributed by atoms with Crippen LogP contribution in [0, 0.1) is 0 Å². The highest BCUT2D eigenvalue weighted by atomic mass is 32.2. The number of hydrogen-bond acceptors (Lipinski definition) is 6. The summed E-state index contributed by atoms with van der Waals surface area (Å²) in [6.45, 7) is 0.387. The maximum absolute atomic E-state index is 12.4. The molecule has 0 spiro atoms. The van der Waals surface area contributed by atoms with Gasteiger partial charge in [-0.15, -0.1) is 11.3 Å². The van der Waals surface area contributed by atoms with Crippen molar-refractivity contribution in [2.45, 2.75) is 17.9 Å². The second kappa shape index (κ2) is 6.85. The molecule has 0 aliphatic heterocycles. The number of fused-ring (bicyclic) bond motifs is 1. The van der Waals surface area contributed by atoms with E-state index in [0.717, 1.165) is 4.88 Å². The Bertz CT molecular complexity index is 1060. The molecule has 2 aromatic heterocycles.